The molecule has 0 unspecified atom stereocenters. The largest absolute Gasteiger partial charge is 0.496 e. The Hall–Kier alpha value is -2.12. The maximum atomic E-state index is 10.8. The summed E-state index contributed by atoms with van der Waals surface area (Å²) in [6.07, 6.45) is 0. The summed E-state index contributed by atoms with van der Waals surface area (Å²) in [6.45, 7) is 4.51. The molecule has 0 saturated carbocycles. The molecular formula is C18H20BrN3O3. The second-order valence-corrected chi connectivity index (χ2v) is 6.91. The van der Waals surface area contributed by atoms with Crippen LogP contribution in [0.3, 0.4) is 0 Å². The molecule has 0 amide bonds. The van der Waals surface area contributed by atoms with Gasteiger partial charge < -0.3 is 9.64 Å². The fraction of sp³-hybridized carbons (Fsp3) is 0.333. The Morgan fingerprint density at radius 2 is 1.80 bits per heavy atom. The molecule has 1 saturated heterocycles. The second-order valence-electron chi connectivity index (χ2n) is 5.99. The minimum atomic E-state index is -0.368. The molecule has 0 N–H and O–H groups in total. The SMILES string of the molecule is COc1ccc(Br)cc1CN1CCN(c2ccc([N+](=O)[O-])cc2)CC1. The van der Waals surface area contributed by atoms with E-state index in [1.54, 1.807) is 19.2 Å². The summed E-state index contributed by atoms with van der Waals surface area (Å²) < 4.78 is 6.50. The summed E-state index contributed by atoms with van der Waals surface area (Å²) in [7, 11) is 1.69. The zero-order valence-corrected chi connectivity index (χ0v) is 15.6. The van der Waals surface area contributed by atoms with Gasteiger partial charge in [0.05, 0.1) is 12.0 Å². The van der Waals surface area contributed by atoms with Gasteiger partial charge in [-0.25, -0.2) is 0 Å². The molecule has 132 valence electrons. The summed E-state index contributed by atoms with van der Waals surface area (Å²) in [5.74, 6) is 0.904. The fourth-order valence-electron chi connectivity index (χ4n) is 3.06. The van der Waals surface area contributed by atoms with Crippen LogP contribution in [0, 0.1) is 10.1 Å². The number of rotatable bonds is 5. The molecule has 0 aliphatic carbocycles. The van der Waals surface area contributed by atoms with Crippen molar-refractivity contribution in [1.82, 2.24) is 4.90 Å². The summed E-state index contributed by atoms with van der Waals surface area (Å²) in [5.41, 5.74) is 2.33. The summed E-state index contributed by atoms with van der Waals surface area (Å²) in [5, 5.41) is 10.8. The highest BCUT2D eigenvalue weighted by atomic mass is 79.9. The van der Waals surface area contributed by atoms with Crippen molar-refractivity contribution in [1.29, 1.82) is 0 Å². The number of benzene rings is 2. The number of piperazine rings is 1. The third-order valence-corrected chi connectivity index (χ3v) is 4.93. The van der Waals surface area contributed by atoms with Crippen LogP contribution in [0.15, 0.2) is 46.9 Å². The molecule has 25 heavy (non-hydrogen) atoms. The molecule has 1 aliphatic heterocycles. The van der Waals surface area contributed by atoms with E-state index in [9.17, 15) is 10.1 Å². The molecule has 6 nitrogen and oxygen atoms in total. The molecule has 7 heteroatoms. The summed E-state index contributed by atoms with van der Waals surface area (Å²) in [6, 6.07) is 12.8. The van der Waals surface area contributed by atoms with Gasteiger partial charge >= 0.3 is 0 Å². The first-order valence-electron chi connectivity index (χ1n) is 8.11. The van der Waals surface area contributed by atoms with E-state index in [0.717, 1.165) is 48.6 Å². The topological polar surface area (TPSA) is 58.8 Å². The van der Waals surface area contributed by atoms with Gasteiger partial charge in [-0.15, -0.1) is 0 Å². The van der Waals surface area contributed by atoms with Crippen molar-refractivity contribution in [2.45, 2.75) is 6.54 Å². The molecule has 1 heterocycles. The lowest BCUT2D eigenvalue weighted by Crippen LogP contribution is -2.46. The zero-order chi connectivity index (χ0) is 17.8. The summed E-state index contributed by atoms with van der Waals surface area (Å²) in [4.78, 5) is 15.0. The highest BCUT2D eigenvalue weighted by Gasteiger charge is 2.19. The van der Waals surface area contributed by atoms with Crippen molar-refractivity contribution in [3.05, 3.63) is 62.6 Å². The van der Waals surface area contributed by atoms with E-state index >= 15 is 0 Å². The van der Waals surface area contributed by atoms with Crippen LogP contribution in [0.1, 0.15) is 5.56 Å². The first-order chi connectivity index (χ1) is 12.1. The first-order valence-corrected chi connectivity index (χ1v) is 8.90. The Morgan fingerprint density at radius 1 is 1.12 bits per heavy atom. The normalized spacial score (nSPS) is 15.2. The van der Waals surface area contributed by atoms with Crippen LogP contribution in [0.5, 0.6) is 5.75 Å². The number of nitro benzene ring substituents is 1. The number of ether oxygens (including phenoxy) is 1. The van der Waals surface area contributed by atoms with E-state index in [-0.39, 0.29) is 10.6 Å². The van der Waals surface area contributed by atoms with Crippen molar-refractivity contribution in [3.63, 3.8) is 0 Å². The van der Waals surface area contributed by atoms with E-state index in [1.165, 1.54) is 5.56 Å². The molecule has 1 fully saturated rings. The maximum Gasteiger partial charge on any atom is 0.269 e. The van der Waals surface area contributed by atoms with Crippen LogP contribution < -0.4 is 9.64 Å². The number of nitrogens with zero attached hydrogens (tertiary/aromatic N) is 3. The predicted octanol–water partition coefficient (Wildman–Crippen LogP) is 3.69. The van der Waals surface area contributed by atoms with Gasteiger partial charge in [-0.3, -0.25) is 15.0 Å². The third-order valence-electron chi connectivity index (χ3n) is 4.43. The Bertz CT molecular complexity index is 744. The number of methoxy groups -OCH3 is 1. The molecule has 1 aliphatic rings. The van der Waals surface area contributed by atoms with Gasteiger partial charge in [0.2, 0.25) is 0 Å². The minimum Gasteiger partial charge on any atom is -0.496 e. The molecule has 0 aromatic heterocycles. The van der Waals surface area contributed by atoms with E-state index in [0.29, 0.717) is 0 Å². The smallest absolute Gasteiger partial charge is 0.269 e. The van der Waals surface area contributed by atoms with Gasteiger partial charge in [-0.1, -0.05) is 15.9 Å². The molecule has 0 spiro atoms. The highest BCUT2D eigenvalue weighted by molar-refractivity contribution is 9.10. The van der Waals surface area contributed by atoms with Gasteiger partial charge in [-0.2, -0.15) is 0 Å². The first kappa shape index (κ1) is 17.7. The number of anilines is 1. The predicted molar refractivity (Wildman–Crippen MR) is 101 cm³/mol. The fourth-order valence-corrected chi connectivity index (χ4v) is 3.47. The van der Waals surface area contributed by atoms with Crippen molar-refractivity contribution in [2.24, 2.45) is 0 Å². The standard InChI is InChI=1S/C18H20BrN3O3/c1-25-18-7-2-15(19)12-14(18)13-20-8-10-21(11-9-20)16-3-5-17(6-4-16)22(23)24/h2-7,12H,8-11,13H2,1H3. The van der Waals surface area contributed by atoms with Crippen LogP contribution in [0.25, 0.3) is 0 Å². The number of hydrogen-bond acceptors (Lipinski definition) is 5. The van der Waals surface area contributed by atoms with Crippen molar-refractivity contribution >= 4 is 27.3 Å². The van der Waals surface area contributed by atoms with Crippen LogP contribution in [-0.2, 0) is 6.54 Å². The van der Waals surface area contributed by atoms with E-state index < -0.39 is 0 Å². The number of halogens is 1. The average Bonchev–Trinajstić information content (AvgIpc) is 2.63. The van der Waals surface area contributed by atoms with Gasteiger partial charge in [0, 0.05) is 60.6 Å². The summed E-state index contributed by atoms with van der Waals surface area (Å²) >= 11 is 3.52. The molecule has 0 radical (unpaired) electrons. The van der Waals surface area contributed by atoms with Gasteiger partial charge in [0.25, 0.3) is 5.69 Å². The van der Waals surface area contributed by atoms with E-state index in [1.807, 2.05) is 24.3 Å². The number of nitro groups is 1. The lowest BCUT2D eigenvalue weighted by Gasteiger charge is -2.36. The Kier molecular flexibility index (Phi) is 5.55. The monoisotopic (exact) mass is 405 g/mol. The Balaban J connectivity index is 1.60. The van der Waals surface area contributed by atoms with Crippen LogP contribution in [0.4, 0.5) is 11.4 Å². The van der Waals surface area contributed by atoms with Crippen LogP contribution in [0.2, 0.25) is 0 Å². The Morgan fingerprint density at radius 3 is 2.40 bits per heavy atom. The second kappa shape index (κ2) is 7.84. The van der Waals surface area contributed by atoms with Crippen molar-refractivity contribution in [3.8, 4) is 5.75 Å². The highest BCUT2D eigenvalue weighted by Crippen LogP contribution is 2.26. The third kappa shape index (κ3) is 4.29. The molecule has 2 aromatic rings. The minimum absolute atomic E-state index is 0.129. The van der Waals surface area contributed by atoms with E-state index in [4.69, 9.17) is 4.74 Å². The van der Waals surface area contributed by atoms with Crippen molar-refractivity contribution in [2.75, 3.05) is 38.2 Å². The number of non-ortho nitro benzene ring substituents is 1. The zero-order valence-electron chi connectivity index (χ0n) is 14.0. The maximum absolute atomic E-state index is 10.8. The number of hydrogen-bond donors (Lipinski definition) is 0. The van der Waals surface area contributed by atoms with Gasteiger partial charge in [-0.05, 0) is 30.3 Å². The molecule has 3 rings (SSSR count). The molecule has 0 atom stereocenters. The lowest BCUT2D eigenvalue weighted by atomic mass is 10.1. The average molecular weight is 406 g/mol. The quantitative estimate of drug-likeness (QED) is 0.560. The van der Waals surface area contributed by atoms with E-state index in [2.05, 4.69) is 31.8 Å². The van der Waals surface area contributed by atoms with Crippen molar-refractivity contribution < 1.29 is 9.66 Å². The lowest BCUT2D eigenvalue weighted by molar-refractivity contribution is -0.384. The molecular weight excluding hydrogens is 386 g/mol. The molecule has 0 bridgehead atoms. The Labute approximate surface area is 155 Å². The van der Waals surface area contributed by atoms with Gasteiger partial charge in [0.1, 0.15) is 5.75 Å². The van der Waals surface area contributed by atoms with Crippen LogP contribution in [-0.4, -0.2) is 43.1 Å². The van der Waals surface area contributed by atoms with Crippen LogP contribution >= 0.6 is 15.9 Å². The molecule has 2 aromatic carbocycles. The van der Waals surface area contributed by atoms with Gasteiger partial charge in [0.15, 0.2) is 0 Å².